The van der Waals surface area contributed by atoms with Gasteiger partial charge in [0.25, 0.3) is 0 Å². The minimum atomic E-state index is -5.30. The van der Waals surface area contributed by atoms with Gasteiger partial charge >= 0.3 is 12.4 Å². The monoisotopic (exact) mass is 420 g/mol. The van der Waals surface area contributed by atoms with Crippen LogP contribution in [0.2, 0.25) is 0 Å². The Morgan fingerprint density at radius 1 is 0.667 bits per heavy atom. The summed E-state index contributed by atoms with van der Waals surface area (Å²) in [6.45, 7) is 0. The van der Waals surface area contributed by atoms with E-state index in [0.29, 0.717) is 12.7 Å². The van der Waals surface area contributed by atoms with E-state index in [1.165, 1.54) is 24.3 Å². The Morgan fingerprint density at radius 3 is 1.20 bits per heavy atom. The van der Waals surface area contributed by atoms with E-state index in [4.69, 9.17) is 21.0 Å². The Morgan fingerprint density at radius 2 is 0.967 bits per heavy atom. The molecule has 0 amide bonds. The first-order chi connectivity index (χ1) is 14.0. The van der Waals surface area contributed by atoms with Gasteiger partial charge in [-0.3, -0.25) is 8.80 Å². The number of rotatable bonds is 0. The van der Waals surface area contributed by atoms with Gasteiger partial charge in [-0.1, -0.05) is 0 Å². The van der Waals surface area contributed by atoms with E-state index in [1.54, 1.807) is 0 Å². The van der Waals surface area contributed by atoms with Gasteiger partial charge in [-0.15, -0.1) is 0 Å². The smallest absolute Gasteiger partial charge is 0.290 e. The van der Waals surface area contributed by atoms with Crippen LogP contribution in [0.25, 0.3) is 22.2 Å². The summed E-state index contributed by atoms with van der Waals surface area (Å²) in [5, 5.41) is 34.1. The molecule has 148 valence electrons. The summed E-state index contributed by atoms with van der Waals surface area (Å²) in [5.41, 5.74) is -7.76. The van der Waals surface area contributed by atoms with Crippen molar-refractivity contribution in [3.8, 4) is 24.3 Å². The number of nitrogens with zero attached hydrogens (tertiary/aromatic N) is 8. The minimum Gasteiger partial charge on any atom is -0.290 e. The molecule has 0 aliphatic heterocycles. The van der Waals surface area contributed by atoms with Gasteiger partial charge < -0.3 is 0 Å². The molecule has 0 aliphatic carbocycles. The Bertz CT molecular complexity index is 1360. The van der Waals surface area contributed by atoms with Gasteiger partial charge in [-0.05, 0) is 0 Å². The second-order valence-corrected chi connectivity index (χ2v) is 5.51. The highest BCUT2D eigenvalue weighted by molar-refractivity contribution is 5.80. The first kappa shape index (κ1) is 20.2. The summed E-state index contributed by atoms with van der Waals surface area (Å²) >= 11 is 0. The number of fused-ring (bicyclic) bond motifs is 2. The standard InChI is InChI=1S/C16H2F6N8/c17-15(18,19)13-11-9(7(1-23)2-24)27-5-29(11)14(16(20,21)22)12-10(8(3-25)4-26)28-6-30(12)13/h5-6H. The molecule has 0 radical (unpaired) electrons. The Balaban J connectivity index is 2.92. The van der Waals surface area contributed by atoms with Gasteiger partial charge in [0, 0.05) is 0 Å². The summed E-state index contributed by atoms with van der Waals surface area (Å²) in [6.07, 6.45) is -9.86. The number of hydrogen-bond donors (Lipinski definition) is 0. The molecular formula is C16H2F6N8. The fourth-order valence-corrected chi connectivity index (χ4v) is 2.89. The molecule has 0 spiro atoms. The van der Waals surface area contributed by atoms with Crippen molar-refractivity contribution in [2.45, 2.75) is 12.4 Å². The molecule has 0 saturated carbocycles. The van der Waals surface area contributed by atoms with E-state index in [9.17, 15) is 26.3 Å². The molecule has 0 N–H and O–H groups in total. The predicted octanol–water partition coefficient (Wildman–Crippen LogP) is 1.42. The zero-order chi connectivity index (χ0) is 22.4. The fraction of sp³-hybridized carbons (Fsp3) is 0.125. The topological polar surface area (TPSA) is 130 Å². The van der Waals surface area contributed by atoms with Crippen molar-refractivity contribution in [1.29, 1.82) is 21.0 Å². The van der Waals surface area contributed by atoms with E-state index in [2.05, 4.69) is 9.97 Å². The lowest BCUT2D eigenvalue weighted by Gasteiger charge is -2.17. The molecule has 0 unspecified atom stereocenters. The van der Waals surface area contributed by atoms with Crippen LogP contribution in [0.4, 0.5) is 26.3 Å². The third-order valence-electron chi connectivity index (χ3n) is 3.92. The van der Waals surface area contributed by atoms with Crippen molar-refractivity contribution < 1.29 is 26.3 Å². The van der Waals surface area contributed by atoms with Crippen LogP contribution in [0.3, 0.4) is 0 Å². The lowest BCUT2D eigenvalue weighted by Crippen LogP contribution is -2.25. The van der Waals surface area contributed by atoms with Crippen molar-refractivity contribution in [3.63, 3.8) is 0 Å². The van der Waals surface area contributed by atoms with Crippen molar-refractivity contribution in [3.05, 3.63) is 34.7 Å². The highest BCUT2D eigenvalue weighted by Crippen LogP contribution is 2.37. The van der Waals surface area contributed by atoms with Gasteiger partial charge in [0.2, 0.25) is 0 Å². The van der Waals surface area contributed by atoms with Crippen molar-refractivity contribution in [1.82, 2.24) is 18.8 Å². The van der Waals surface area contributed by atoms with Crippen LogP contribution in [0.15, 0.2) is 12.7 Å². The molecule has 0 bridgehead atoms. The zero-order valence-electron chi connectivity index (χ0n) is 14.0. The maximum absolute atomic E-state index is 13.9. The lowest BCUT2D eigenvalue weighted by atomic mass is 10.2. The van der Waals surface area contributed by atoms with E-state index in [0.717, 1.165) is 0 Å². The van der Waals surface area contributed by atoms with E-state index in [-0.39, 0.29) is 8.80 Å². The largest absolute Gasteiger partial charge is 0.433 e. The predicted molar refractivity (Wildman–Crippen MR) is 82.5 cm³/mol. The molecule has 3 heterocycles. The summed E-state index contributed by atoms with van der Waals surface area (Å²) in [5.74, 6) is 0. The first-order valence-electron chi connectivity index (χ1n) is 7.40. The number of aromatic nitrogens is 4. The average molecular weight is 420 g/mol. The summed E-state index contributed by atoms with van der Waals surface area (Å²) in [4.78, 5) is 6.83. The quantitative estimate of drug-likeness (QED) is 0.506. The number of nitriles is 4. The minimum absolute atomic E-state index is 0.0136. The third-order valence-corrected chi connectivity index (χ3v) is 3.92. The summed E-state index contributed by atoms with van der Waals surface area (Å²) in [7, 11) is 0. The van der Waals surface area contributed by atoms with Crippen LogP contribution in [0.1, 0.15) is 11.4 Å². The van der Waals surface area contributed by atoms with Gasteiger partial charge in [0.1, 0.15) is 58.7 Å². The second-order valence-electron chi connectivity index (χ2n) is 5.51. The number of alkyl halides is 6. The molecule has 14 heteroatoms. The van der Waals surface area contributed by atoms with Crippen LogP contribution < -0.4 is 10.7 Å². The van der Waals surface area contributed by atoms with Crippen LogP contribution in [-0.2, 0) is 12.4 Å². The maximum atomic E-state index is 13.9. The summed E-state index contributed by atoms with van der Waals surface area (Å²) in [6, 6.07) is 5.16. The molecule has 3 aromatic rings. The number of imidazole rings is 2. The maximum Gasteiger partial charge on any atom is 0.433 e. The fourth-order valence-electron chi connectivity index (χ4n) is 2.89. The average Bonchev–Trinajstić information content (AvgIpc) is 3.25. The van der Waals surface area contributed by atoms with E-state index < -0.39 is 56.6 Å². The molecule has 3 aromatic heterocycles. The Hall–Kier alpha value is -4.56. The SMILES string of the molecule is N#CC(C#N)=c1ncn2c(C(F)(F)F)c3c(=C(C#N)C#N)ncn3c(C(F)(F)F)c12. The molecule has 0 aliphatic rings. The van der Waals surface area contributed by atoms with E-state index >= 15 is 0 Å². The Labute approximate surface area is 160 Å². The van der Waals surface area contributed by atoms with Gasteiger partial charge in [0.15, 0.2) is 22.5 Å². The van der Waals surface area contributed by atoms with Crippen LogP contribution in [-0.4, -0.2) is 18.8 Å². The molecular weight excluding hydrogens is 418 g/mol. The molecule has 0 aromatic carbocycles. The molecule has 3 rings (SSSR count). The first-order valence-corrected chi connectivity index (χ1v) is 7.40. The molecule has 0 saturated heterocycles. The van der Waals surface area contributed by atoms with E-state index in [1.807, 2.05) is 0 Å². The number of hydrogen-bond acceptors (Lipinski definition) is 6. The Kier molecular flexibility index (Phi) is 4.37. The van der Waals surface area contributed by atoms with Crippen LogP contribution in [0, 0.1) is 45.3 Å². The van der Waals surface area contributed by atoms with Crippen molar-refractivity contribution in [2.24, 2.45) is 0 Å². The van der Waals surface area contributed by atoms with Crippen LogP contribution in [0.5, 0.6) is 0 Å². The molecule has 8 nitrogen and oxygen atoms in total. The second kappa shape index (κ2) is 6.50. The highest BCUT2D eigenvalue weighted by Gasteiger charge is 2.44. The molecule has 0 fully saturated rings. The van der Waals surface area contributed by atoms with Crippen LogP contribution >= 0.6 is 0 Å². The zero-order valence-corrected chi connectivity index (χ0v) is 14.0. The van der Waals surface area contributed by atoms with Crippen molar-refractivity contribution in [2.75, 3.05) is 0 Å². The van der Waals surface area contributed by atoms with Gasteiger partial charge in [-0.25, -0.2) is 9.97 Å². The van der Waals surface area contributed by atoms with Gasteiger partial charge in [0.05, 0.1) is 0 Å². The normalized spacial score (nSPS) is 11.5. The van der Waals surface area contributed by atoms with Crippen molar-refractivity contribution >= 4 is 22.2 Å². The molecule has 30 heavy (non-hydrogen) atoms. The third kappa shape index (κ3) is 2.76. The highest BCUT2D eigenvalue weighted by atomic mass is 19.4. The summed E-state index contributed by atoms with van der Waals surface area (Å²) < 4.78 is 83.4. The van der Waals surface area contributed by atoms with Gasteiger partial charge in [-0.2, -0.15) is 47.4 Å². The number of halogens is 6. The molecule has 0 atom stereocenters. The lowest BCUT2D eigenvalue weighted by molar-refractivity contribution is -0.145.